The second-order valence-electron chi connectivity index (χ2n) is 6.71. The zero-order chi connectivity index (χ0) is 13.5. The van der Waals surface area contributed by atoms with E-state index in [0.717, 1.165) is 19.5 Å². The predicted octanol–water partition coefficient (Wildman–Crippen LogP) is 1.50. The summed E-state index contributed by atoms with van der Waals surface area (Å²) in [6, 6.07) is 0.199. The Bertz CT molecular complexity index is 363. The predicted molar refractivity (Wildman–Crippen MR) is 69.9 cm³/mol. The van der Waals surface area contributed by atoms with Crippen molar-refractivity contribution in [2.45, 2.75) is 46.6 Å². The van der Waals surface area contributed by atoms with E-state index in [9.17, 15) is 9.59 Å². The molecule has 2 saturated heterocycles. The summed E-state index contributed by atoms with van der Waals surface area (Å²) in [4.78, 5) is 28.0. The number of likely N-dealkylation sites (tertiary alicyclic amines) is 2. The zero-order valence-corrected chi connectivity index (χ0v) is 11.9. The summed E-state index contributed by atoms with van der Waals surface area (Å²) < 4.78 is 0. The minimum absolute atomic E-state index is 0.117. The van der Waals surface area contributed by atoms with Crippen molar-refractivity contribution in [3.8, 4) is 0 Å². The van der Waals surface area contributed by atoms with Crippen LogP contribution in [0.15, 0.2) is 0 Å². The molecular weight excluding hydrogens is 228 g/mol. The van der Waals surface area contributed by atoms with E-state index >= 15 is 0 Å². The van der Waals surface area contributed by atoms with Gasteiger partial charge in [-0.05, 0) is 25.7 Å². The van der Waals surface area contributed by atoms with Crippen LogP contribution in [0.2, 0.25) is 0 Å². The van der Waals surface area contributed by atoms with Gasteiger partial charge in [0.05, 0.1) is 5.92 Å². The van der Waals surface area contributed by atoms with Gasteiger partial charge < -0.3 is 9.80 Å². The van der Waals surface area contributed by atoms with Crippen LogP contribution in [0.3, 0.4) is 0 Å². The molecule has 0 radical (unpaired) electrons. The number of hydrogen-bond acceptors (Lipinski definition) is 2. The van der Waals surface area contributed by atoms with Gasteiger partial charge in [0.2, 0.25) is 11.8 Å². The Morgan fingerprint density at radius 1 is 1.39 bits per heavy atom. The highest BCUT2D eigenvalue weighted by Gasteiger charge is 2.40. The van der Waals surface area contributed by atoms with Gasteiger partial charge in [-0.25, -0.2) is 0 Å². The van der Waals surface area contributed by atoms with Crippen LogP contribution in [0.4, 0.5) is 0 Å². The fourth-order valence-corrected chi connectivity index (χ4v) is 2.95. The topological polar surface area (TPSA) is 40.6 Å². The molecular formula is C14H24N2O2. The van der Waals surface area contributed by atoms with Crippen LogP contribution in [0.5, 0.6) is 0 Å². The monoisotopic (exact) mass is 252 g/mol. The van der Waals surface area contributed by atoms with Crippen molar-refractivity contribution < 1.29 is 9.59 Å². The molecule has 1 atom stereocenters. The van der Waals surface area contributed by atoms with E-state index in [1.807, 2.05) is 23.6 Å². The quantitative estimate of drug-likeness (QED) is 0.747. The summed E-state index contributed by atoms with van der Waals surface area (Å²) in [5.74, 6) is 0.188. The third kappa shape index (κ3) is 2.52. The van der Waals surface area contributed by atoms with Gasteiger partial charge in [0, 0.05) is 32.1 Å². The van der Waals surface area contributed by atoms with Crippen LogP contribution in [0.1, 0.15) is 40.5 Å². The summed E-state index contributed by atoms with van der Waals surface area (Å²) in [7, 11) is 0. The number of hydrogen-bond donors (Lipinski definition) is 0. The maximum atomic E-state index is 12.4. The molecule has 102 valence electrons. The molecule has 0 unspecified atom stereocenters. The molecule has 4 nitrogen and oxygen atoms in total. The Labute approximate surface area is 109 Å². The van der Waals surface area contributed by atoms with Gasteiger partial charge in [-0.2, -0.15) is 0 Å². The van der Waals surface area contributed by atoms with E-state index in [1.54, 1.807) is 0 Å². The summed E-state index contributed by atoms with van der Waals surface area (Å²) >= 11 is 0. The van der Waals surface area contributed by atoms with Gasteiger partial charge in [-0.3, -0.25) is 9.59 Å². The molecule has 0 saturated carbocycles. The van der Waals surface area contributed by atoms with Gasteiger partial charge in [0.1, 0.15) is 0 Å². The molecule has 4 heteroatoms. The molecule has 2 heterocycles. The van der Waals surface area contributed by atoms with Gasteiger partial charge in [-0.15, -0.1) is 0 Å². The zero-order valence-electron chi connectivity index (χ0n) is 11.9. The van der Waals surface area contributed by atoms with E-state index < -0.39 is 0 Å². The molecule has 18 heavy (non-hydrogen) atoms. The summed E-state index contributed by atoms with van der Waals surface area (Å²) in [5, 5.41) is 0. The highest BCUT2D eigenvalue weighted by atomic mass is 16.2. The van der Waals surface area contributed by atoms with Crippen molar-refractivity contribution in [1.82, 2.24) is 9.80 Å². The van der Waals surface area contributed by atoms with Gasteiger partial charge in [0.15, 0.2) is 0 Å². The maximum Gasteiger partial charge on any atom is 0.228 e. The Hall–Kier alpha value is -1.06. The largest absolute Gasteiger partial charge is 0.342 e. The molecule has 0 spiro atoms. The molecule has 0 bridgehead atoms. The standard InChI is InChI=1S/C14H24N2O2/c1-10(2)16-8-11(7-12(16)17)13(18)15-6-5-14(3,4)9-15/h10-11H,5-9H2,1-4H3/t11-/m0/s1. The van der Waals surface area contributed by atoms with Crippen molar-refractivity contribution >= 4 is 11.8 Å². The first kappa shape index (κ1) is 13.4. The maximum absolute atomic E-state index is 12.4. The first-order chi connectivity index (χ1) is 8.30. The van der Waals surface area contributed by atoms with Crippen LogP contribution >= 0.6 is 0 Å². The second kappa shape index (κ2) is 4.56. The normalized spacial score (nSPS) is 27.4. The number of carbonyl (C=O) groups is 2. The van der Waals surface area contributed by atoms with E-state index in [0.29, 0.717) is 13.0 Å². The summed E-state index contributed by atoms with van der Waals surface area (Å²) in [6.07, 6.45) is 1.46. The molecule has 2 aliphatic rings. The Morgan fingerprint density at radius 2 is 2.06 bits per heavy atom. The first-order valence-electron chi connectivity index (χ1n) is 6.88. The molecule has 0 aromatic carbocycles. The molecule has 2 rings (SSSR count). The lowest BCUT2D eigenvalue weighted by molar-refractivity contribution is -0.135. The van der Waals surface area contributed by atoms with Crippen LogP contribution in [0, 0.1) is 11.3 Å². The minimum atomic E-state index is -0.117. The molecule has 0 aromatic heterocycles. The first-order valence-corrected chi connectivity index (χ1v) is 6.88. The molecule has 0 N–H and O–H groups in total. The molecule has 0 aromatic rings. The summed E-state index contributed by atoms with van der Waals surface area (Å²) in [5.41, 5.74) is 0.232. The van der Waals surface area contributed by atoms with E-state index in [-0.39, 0.29) is 29.2 Å². The van der Waals surface area contributed by atoms with Crippen LogP contribution in [-0.2, 0) is 9.59 Å². The Balaban J connectivity index is 1.98. The number of amides is 2. The molecule has 2 amide bonds. The Kier molecular flexibility index (Phi) is 3.39. The van der Waals surface area contributed by atoms with Crippen molar-refractivity contribution in [3.63, 3.8) is 0 Å². The number of nitrogens with zero attached hydrogens (tertiary/aromatic N) is 2. The SMILES string of the molecule is CC(C)N1C[C@@H](C(=O)N2CCC(C)(C)C2)CC1=O. The fraction of sp³-hybridized carbons (Fsp3) is 0.857. The van der Waals surface area contributed by atoms with E-state index in [4.69, 9.17) is 0 Å². The van der Waals surface area contributed by atoms with Crippen molar-refractivity contribution in [2.75, 3.05) is 19.6 Å². The lowest BCUT2D eigenvalue weighted by atomic mass is 9.93. The third-order valence-corrected chi connectivity index (χ3v) is 4.12. The highest BCUT2D eigenvalue weighted by molar-refractivity contribution is 5.89. The van der Waals surface area contributed by atoms with E-state index in [2.05, 4.69) is 13.8 Å². The molecule has 2 fully saturated rings. The van der Waals surface area contributed by atoms with Crippen molar-refractivity contribution in [2.24, 2.45) is 11.3 Å². The van der Waals surface area contributed by atoms with Crippen LogP contribution in [0.25, 0.3) is 0 Å². The smallest absolute Gasteiger partial charge is 0.228 e. The van der Waals surface area contributed by atoms with Gasteiger partial charge in [-0.1, -0.05) is 13.8 Å². The average Bonchev–Trinajstić information content (AvgIpc) is 2.80. The lowest BCUT2D eigenvalue weighted by Gasteiger charge is -2.24. The Morgan fingerprint density at radius 3 is 2.50 bits per heavy atom. The number of carbonyl (C=O) groups excluding carboxylic acids is 2. The average molecular weight is 252 g/mol. The summed E-state index contributed by atoms with van der Waals surface area (Å²) in [6.45, 7) is 10.7. The van der Waals surface area contributed by atoms with Crippen LogP contribution < -0.4 is 0 Å². The van der Waals surface area contributed by atoms with Gasteiger partial charge in [0.25, 0.3) is 0 Å². The highest BCUT2D eigenvalue weighted by Crippen LogP contribution is 2.31. The van der Waals surface area contributed by atoms with Gasteiger partial charge >= 0.3 is 0 Å². The molecule has 2 aliphatic heterocycles. The van der Waals surface area contributed by atoms with Crippen molar-refractivity contribution in [1.29, 1.82) is 0 Å². The minimum Gasteiger partial charge on any atom is -0.342 e. The third-order valence-electron chi connectivity index (χ3n) is 4.12. The fourth-order valence-electron chi connectivity index (χ4n) is 2.95. The number of rotatable bonds is 2. The molecule has 0 aliphatic carbocycles. The second-order valence-corrected chi connectivity index (χ2v) is 6.71. The van der Waals surface area contributed by atoms with E-state index in [1.165, 1.54) is 0 Å². The van der Waals surface area contributed by atoms with Crippen LogP contribution in [-0.4, -0.2) is 47.3 Å². The van der Waals surface area contributed by atoms with Crippen molar-refractivity contribution in [3.05, 3.63) is 0 Å². The lowest BCUT2D eigenvalue weighted by Crippen LogP contribution is -2.38.